The fourth-order valence-electron chi connectivity index (χ4n) is 6.28. The van der Waals surface area contributed by atoms with Gasteiger partial charge in [0.15, 0.2) is 17.5 Å². The molecule has 0 aliphatic carbocycles. The van der Waals surface area contributed by atoms with Crippen molar-refractivity contribution in [2.75, 3.05) is 0 Å². The second-order valence-corrected chi connectivity index (χ2v) is 11.1. The average Bonchev–Trinajstić information content (AvgIpc) is 3.11. The first-order valence-corrected chi connectivity index (χ1v) is 14.7. The zero-order chi connectivity index (χ0) is 29.0. The zero-order valence-electron chi connectivity index (χ0n) is 23.6. The van der Waals surface area contributed by atoms with Crippen LogP contribution in [0.5, 0.6) is 0 Å². The predicted octanol–water partition coefficient (Wildman–Crippen LogP) is 10.0. The fraction of sp³-hybridized carbons (Fsp3) is 0. The van der Waals surface area contributed by atoms with E-state index in [1.165, 1.54) is 37.7 Å². The summed E-state index contributed by atoms with van der Waals surface area (Å²) in [7, 11) is 0. The summed E-state index contributed by atoms with van der Waals surface area (Å²) in [6.07, 6.45) is 0. The molecule has 0 N–H and O–H groups in total. The van der Waals surface area contributed by atoms with Gasteiger partial charge in [-0.2, -0.15) is 0 Å². The van der Waals surface area contributed by atoms with Crippen LogP contribution >= 0.6 is 0 Å². The third kappa shape index (κ3) is 4.00. The van der Waals surface area contributed by atoms with Crippen molar-refractivity contribution < 1.29 is 0 Å². The number of hydrogen-bond acceptors (Lipinski definition) is 4. The lowest BCUT2D eigenvalue weighted by molar-refractivity contribution is 1.06. The first kappa shape index (κ1) is 24.6. The molecule has 0 saturated carbocycles. The average molecular weight is 561 g/mol. The van der Waals surface area contributed by atoms with Crippen LogP contribution in [0.2, 0.25) is 0 Å². The summed E-state index contributed by atoms with van der Waals surface area (Å²) >= 11 is 0. The van der Waals surface area contributed by atoms with E-state index in [1.54, 1.807) is 0 Å². The minimum atomic E-state index is 0.548. The number of fused-ring (bicyclic) bond motifs is 8. The Kier molecular flexibility index (Phi) is 5.47. The first-order valence-electron chi connectivity index (χ1n) is 14.7. The van der Waals surface area contributed by atoms with Gasteiger partial charge in [-0.1, -0.05) is 133 Å². The Morgan fingerprint density at radius 1 is 0.295 bits per heavy atom. The van der Waals surface area contributed by atoms with E-state index >= 15 is 0 Å². The third-order valence-electron chi connectivity index (χ3n) is 8.48. The summed E-state index contributed by atoms with van der Waals surface area (Å²) in [6.45, 7) is 0. The Labute approximate surface area is 253 Å². The van der Waals surface area contributed by atoms with Gasteiger partial charge < -0.3 is 0 Å². The summed E-state index contributed by atoms with van der Waals surface area (Å²) in [4.78, 5) is 20.2. The van der Waals surface area contributed by atoms with E-state index in [2.05, 4.69) is 109 Å². The van der Waals surface area contributed by atoms with Gasteiger partial charge in [-0.15, -0.1) is 0 Å². The van der Waals surface area contributed by atoms with E-state index in [0.29, 0.717) is 23.2 Å². The summed E-state index contributed by atoms with van der Waals surface area (Å²) in [5, 5.41) is 10.6. The predicted molar refractivity (Wildman–Crippen MR) is 181 cm³/mol. The molecule has 0 saturated heterocycles. The third-order valence-corrected chi connectivity index (χ3v) is 8.48. The Hall–Kier alpha value is -6.00. The van der Waals surface area contributed by atoms with E-state index in [1.807, 2.05) is 36.4 Å². The SMILES string of the molecule is c1ccc(-c2nc(-c3ccc4ccc5ccccc5c4c3)nc(-c3ccc4ccc5c6ccccc6ccc5c4n3)n2)cc1. The Morgan fingerprint density at radius 2 is 0.841 bits per heavy atom. The van der Waals surface area contributed by atoms with Gasteiger partial charge in [-0.25, -0.2) is 19.9 Å². The maximum Gasteiger partial charge on any atom is 0.182 e. The highest BCUT2D eigenvalue weighted by atomic mass is 15.0. The van der Waals surface area contributed by atoms with Gasteiger partial charge in [0.1, 0.15) is 5.69 Å². The van der Waals surface area contributed by atoms with Gasteiger partial charge in [-0.3, -0.25) is 0 Å². The summed E-state index contributed by atoms with van der Waals surface area (Å²) in [6, 6.07) is 50.6. The second-order valence-electron chi connectivity index (χ2n) is 11.1. The highest BCUT2D eigenvalue weighted by Gasteiger charge is 2.15. The summed E-state index contributed by atoms with van der Waals surface area (Å²) in [5.74, 6) is 1.79. The zero-order valence-corrected chi connectivity index (χ0v) is 23.6. The van der Waals surface area contributed by atoms with Crippen LogP contribution in [0.3, 0.4) is 0 Å². The van der Waals surface area contributed by atoms with Gasteiger partial charge in [0.2, 0.25) is 0 Å². The maximum absolute atomic E-state index is 5.19. The van der Waals surface area contributed by atoms with Crippen molar-refractivity contribution in [3.63, 3.8) is 0 Å². The molecule has 0 aliphatic heterocycles. The molecule has 0 unspecified atom stereocenters. The highest BCUT2D eigenvalue weighted by Crippen LogP contribution is 2.33. The molecule has 204 valence electrons. The van der Waals surface area contributed by atoms with Crippen LogP contribution in [0.4, 0.5) is 0 Å². The quantitative estimate of drug-likeness (QED) is 0.202. The molecule has 2 aromatic heterocycles. The number of nitrogens with zero attached hydrogens (tertiary/aromatic N) is 4. The van der Waals surface area contributed by atoms with Crippen LogP contribution in [-0.2, 0) is 0 Å². The molecule has 0 radical (unpaired) electrons. The van der Waals surface area contributed by atoms with Gasteiger partial charge in [0, 0.05) is 21.9 Å². The molecule has 7 aromatic carbocycles. The fourth-order valence-corrected chi connectivity index (χ4v) is 6.28. The molecule has 44 heavy (non-hydrogen) atoms. The molecular weight excluding hydrogens is 536 g/mol. The molecule has 0 amide bonds. The normalized spacial score (nSPS) is 11.6. The molecule has 0 atom stereocenters. The maximum atomic E-state index is 5.19. The molecule has 0 bridgehead atoms. The summed E-state index contributed by atoms with van der Waals surface area (Å²) in [5.41, 5.74) is 3.52. The molecule has 4 heteroatoms. The van der Waals surface area contributed by atoms with Gasteiger partial charge >= 0.3 is 0 Å². The van der Waals surface area contributed by atoms with Crippen molar-refractivity contribution in [3.05, 3.63) is 146 Å². The van der Waals surface area contributed by atoms with Crippen molar-refractivity contribution in [1.29, 1.82) is 0 Å². The monoisotopic (exact) mass is 560 g/mol. The van der Waals surface area contributed by atoms with Crippen molar-refractivity contribution in [1.82, 2.24) is 19.9 Å². The Bertz CT molecular complexity index is 2560. The van der Waals surface area contributed by atoms with Crippen molar-refractivity contribution in [2.45, 2.75) is 0 Å². The smallest absolute Gasteiger partial charge is 0.182 e. The standard InChI is InChI=1S/C40H24N4/c1-2-10-29(11-3-1)38-42-39(30-17-16-27-15-14-25-8-5-7-13-32(25)35(27)24-30)44-40(43-38)36-23-20-28-19-21-33-31-12-6-4-9-26(31)18-22-34(33)37(28)41-36/h1-24H. The lowest BCUT2D eigenvalue weighted by Crippen LogP contribution is -2.01. The Balaban J connectivity index is 1.27. The van der Waals surface area contributed by atoms with Crippen molar-refractivity contribution in [3.8, 4) is 34.3 Å². The minimum Gasteiger partial charge on any atom is -0.244 e. The molecule has 0 spiro atoms. The number of pyridine rings is 1. The lowest BCUT2D eigenvalue weighted by Gasteiger charge is -2.11. The van der Waals surface area contributed by atoms with Crippen LogP contribution in [0.25, 0.3) is 88.3 Å². The van der Waals surface area contributed by atoms with E-state index < -0.39 is 0 Å². The van der Waals surface area contributed by atoms with Crippen LogP contribution in [0.15, 0.2) is 146 Å². The van der Waals surface area contributed by atoms with Crippen LogP contribution in [-0.4, -0.2) is 19.9 Å². The Morgan fingerprint density at radius 3 is 1.64 bits per heavy atom. The van der Waals surface area contributed by atoms with Crippen molar-refractivity contribution in [2.24, 2.45) is 0 Å². The molecule has 0 fully saturated rings. The largest absolute Gasteiger partial charge is 0.244 e. The van der Waals surface area contributed by atoms with Gasteiger partial charge in [-0.05, 0) is 49.8 Å². The molecular formula is C40H24N4. The van der Waals surface area contributed by atoms with E-state index in [4.69, 9.17) is 19.9 Å². The topological polar surface area (TPSA) is 51.6 Å². The van der Waals surface area contributed by atoms with Crippen molar-refractivity contribution >= 4 is 54.0 Å². The lowest BCUT2D eigenvalue weighted by atomic mass is 9.99. The van der Waals surface area contributed by atoms with Crippen LogP contribution in [0.1, 0.15) is 0 Å². The molecule has 9 aromatic rings. The van der Waals surface area contributed by atoms with Gasteiger partial charge in [0.25, 0.3) is 0 Å². The number of benzene rings is 7. The molecule has 9 rings (SSSR count). The van der Waals surface area contributed by atoms with Crippen LogP contribution < -0.4 is 0 Å². The number of hydrogen-bond donors (Lipinski definition) is 0. The van der Waals surface area contributed by atoms with E-state index in [-0.39, 0.29) is 0 Å². The minimum absolute atomic E-state index is 0.548. The van der Waals surface area contributed by atoms with Gasteiger partial charge in [0.05, 0.1) is 5.52 Å². The second kappa shape index (κ2) is 9.79. The number of aromatic nitrogens is 4. The van der Waals surface area contributed by atoms with Crippen LogP contribution in [0, 0.1) is 0 Å². The molecule has 0 aliphatic rings. The summed E-state index contributed by atoms with van der Waals surface area (Å²) < 4.78 is 0. The molecule has 4 nitrogen and oxygen atoms in total. The van der Waals surface area contributed by atoms with E-state index in [0.717, 1.165) is 27.4 Å². The van der Waals surface area contributed by atoms with E-state index in [9.17, 15) is 0 Å². The highest BCUT2D eigenvalue weighted by molar-refractivity contribution is 6.16. The number of rotatable bonds is 3. The first-order chi connectivity index (χ1) is 21.8. The molecule has 2 heterocycles.